The molecule has 4 heteroatoms. The Morgan fingerprint density at radius 1 is 1.47 bits per heavy atom. The van der Waals surface area contributed by atoms with E-state index in [1.54, 1.807) is 13.0 Å². The van der Waals surface area contributed by atoms with Crippen molar-refractivity contribution >= 4 is 22.9 Å². The molecule has 0 saturated heterocycles. The van der Waals surface area contributed by atoms with E-state index in [0.717, 1.165) is 16.3 Å². The molecule has 0 fully saturated rings. The fraction of sp³-hybridized carbons (Fsp3) is 0.182. The zero-order valence-corrected chi connectivity index (χ0v) is 9.70. The monoisotopic (exact) mass is 241 g/mol. The minimum atomic E-state index is -0.199. The van der Waals surface area contributed by atoms with Crippen molar-refractivity contribution in [1.29, 1.82) is 0 Å². The molecule has 0 aliphatic carbocycles. The quantitative estimate of drug-likeness (QED) is 0.725. The lowest BCUT2D eigenvalue weighted by Gasteiger charge is -1.99. The van der Waals surface area contributed by atoms with Gasteiger partial charge in [0.1, 0.15) is 10.8 Å². The van der Waals surface area contributed by atoms with Gasteiger partial charge < -0.3 is 0 Å². The van der Waals surface area contributed by atoms with E-state index < -0.39 is 0 Å². The van der Waals surface area contributed by atoms with E-state index in [9.17, 15) is 4.39 Å². The summed E-state index contributed by atoms with van der Waals surface area (Å²) >= 11 is 7.13. The molecule has 78 valence electrons. The van der Waals surface area contributed by atoms with Crippen molar-refractivity contribution in [3.05, 3.63) is 40.7 Å². The van der Waals surface area contributed by atoms with E-state index in [1.807, 2.05) is 11.4 Å². The zero-order chi connectivity index (χ0) is 10.8. The zero-order valence-electron chi connectivity index (χ0n) is 8.13. The Morgan fingerprint density at radius 3 is 2.87 bits per heavy atom. The standard InChI is InChI=1S/C11H9ClFNS/c1-7-2-3-8(4-10(7)13)11-14-9(5-12)6-15-11/h2-4,6H,5H2,1H3. The van der Waals surface area contributed by atoms with Crippen LogP contribution >= 0.6 is 22.9 Å². The van der Waals surface area contributed by atoms with Gasteiger partial charge >= 0.3 is 0 Å². The highest BCUT2D eigenvalue weighted by molar-refractivity contribution is 7.13. The fourth-order valence-corrected chi connectivity index (χ4v) is 2.27. The Labute approximate surface area is 96.5 Å². The number of aryl methyl sites for hydroxylation is 1. The molecule has 0 atom stereocenters. The SMILES string of the molecule is Cc1ccc(-c2nc(CCl)cs2)cc1F. The maximum atomic E-state index is 13.3. The van der Waals surface area contributed by atoms with Gasteiger partial charge in [-0.05, 0) is 18.6 Å². The smallest absolute Gasteiger partial charge is 0.126 e. The number of nitrogens with zero attached hydrogens (tertiary/aromatic N) is 1. The molecular weight excluding hydrogens is 233 g/mol. The first-order valence-electron chi connectivity index (χ1n) is 4.47. The first-order chi connectivity index (χ1) is 7.20. The molecule has 0 saturated carbocycles. The Balaban J connectivity index is 2.40. The molecule has 2 aromatic rings. The molecule has 0 N–H and O–H groups in total. The lowest BCUT2D eigenvalue weighted by molar-refractivity contribution is 0.619. The molecule has 1 aromatic carbocycles. The number of hydrogen-bond acceptors (Lipinski definition) is 2. The van der Waals surface area contributed by atoms with E-state index in [-0.39, 0.29) is 5.82 Å². The highest BCUT2D eigenvalue weighted by Gasteiger charge is 2.06. The van der Waals surface area contributed by atoms with Crippen LogP contribution in [0.1, 0.15) is 11.3 Å². The molecule has 1 heterocycles. The van der Waals surface area contributed by atoms with Crippen LogP contribution in [0.4, 0.5) is 4.39 Å². The normalized spacial score (nSPS) is 10.6. The Morgan fingerprint density at radius 2 is 2.27 bits per heavy atom. The summed E-state index contributed by atoms with van der Waals surface area (Å²) in [6.45, 7) is 1.74. The minimum Gasteiger partial charge on any atom is -0.240 e. The second kappa shape index (κ2) is 4.29. The van der Waals surface area contributed by atoms with Gasteiger partial charge in [-0.3, -0.25) is 0 Å². The van der Waals surface area contributed by atoms with Crippen molar-refractivity contribution in [2.45, 2.75) is 12.8 Å². The van der Waals surface area contributed by atoms with Crippen molar-refractivity contribution in [2.75, 3.05) is 0 Å². The van der Waals surface area contributed by atoms with Crippen LogP contribution in [-0.4, -0.2) is 4.98 Å². The predicted octanol–water partition coefficient (Wildman–Crippen LogP) is 4.00. The Bertz CT molecular complexity index is 481. The van der Waals surface area contributed by atoms with Crippen LogP contribution in [0.3, 0.4) is 0 Å². The van der Waals surface area contributed by atoms with E-state index in [1.165, 1.54) is 17.4 Å². The summed E-state index contributed by atoms with van der Waals surface area (Å²) < 4.78 is 13.3. The maximum absolute atomic E-state index is 13.3. The predicted molar refractivity (Wildman–Crippen MR) is 61.8 cm³/mol. The van der Waals surface area contributed by atoms with Gasteiger partial charge in [0.05, 0.1) is 11.6 Å². The van der Waals surface area contributed by atoms with Crippen molar-refractivity contribution in [3.8, 4) is 10.6 Å². The summed E-state index contributed by atoms with van der Waals surface area (Å²) in [5, 5.41) is 2.70. The average molecular weight is 242 g/mol. The van der Waals surface area contributed by atoms with E-state index in [2.05, 4.69) is 4.98 Å². The third kappa shape index (κ3) is 2.19. The van der Waals surface area contributed by atoms with Crippen molar-refractivity contribution in [1.82, 2.24) is 4.98 Å². The number of rotatable bonds is 2. The highest BCUT2D eigenvalue weighted by atomic mass is 35.5. The Hall–Kier alpha value is -0.930. The van der Waals surface area contributed by atoms with E-state index >= 15 is 0 Å². The molecule has 1 aromatic heterocycles. The number of hydrogen-bond donors (Lipinski definition) is 0. The van der Waals surface area contributed by atoms with Crippen LogP contribution in [0, 0.1) is 12.7 Å². The number of alkyl halides is 1. The molecule has 0 radical (unpaired) electrons. The van der Waals surface area contributed by atoms with Gasteiger partial charge in [-0.1, -0.05) is 12.1 Å². The number of benzene rings is 1. The van der Waals surface area contributed by atoms with Crippen LogP contribution in [0.5, 0.6) is 0 Å². The van der Waals surface area contributed by atoms with Gasteiger partial charge in [0, 0.05) is 10.9 Å². The fourth-order valence-electron chi connectivity index (χ4n) is 1.23. The molecule has 0 amide bonds. The molecule has 0 aliphatic rings. The van der Waals surface area contributed by atoms with E-state index in [0.29, 0.717) is 11.4 Å². The second-order valence-electron chi connectivity index (χ2n) is 3.24. The van der Waals surface area contributed by atoms with E-state index in [4.69, 9.17) is 11.6 Å². The summed E-state index contributed by atoms with van der Waals surface area (Å²) in [6.07, 6.45) is 0. The van der Waals surface area contributed by atoms with Gasteiger partial charge in [-0.2, -0.15) is 0 Å². The summed E-state index contributed by atoms with van der Waals surface area (Å²) in [4.78, 5) is 4.29. The summed E-state index contributed by atoms with van der Waals surface area (Å²) in [7, 11) is 0. The molecule has 2 rings (SSSR count). The molecule has 1 nitrogen and oxygen atoms in total. The van der Waals surface area contributed by atoms with Gasteiger partial charge in [0.15, 0.2) is 0 Å². The van der Waals surface area contributed by atoms with Crippen molar-refractivity contribution in [3.63, 3.8) is 0 Å². The van der Waals surface area contributed by atoms with Crippen LogP contribution in [0.25, 0.3) is 10.6 Å². The second-order valence-corrected chi connectivity index (χ2v) is 4.37. The molecule has 0 unspecified atom stereocenters. The summed E-state index contributed by atoms with van der Waals surface area (Å²) in [5.41, 5.74) is 2.28. The molecule has 0 aliphatic heterocycles. The molecule has 15 heavy (non-hydrogen) atoms. The first kappa shape index (κ1) is 10.6. The largest absolute Gasteiger partial charge is 0.240 e. The number of halogens is 2. The highest BCUT2D eigenvalue weighted by Crippen LogP contribution is 2.25. The molecule has 0 bridgehead atoms. The lowest BCUT2D eigenvalue weighted by Crippen LogP contribution is -1.84. The number of thiazole rings is 1. The van der Waals surface area contributed by atoms with Crippen LogP contribution < -0.4 is 0 Å². The number of aromatic nitrogens is 1. The lowest BCUT2D eigenvalue weighted by atomic mass is 10.1. The summed E-state index contributed by atoms with van der Waals surface area (Å²) in [6, 6.07) is 5.13. The van der Waals surface area contributed by atoms with Gasteiger partial charge in [-0.15, -0.1) is 22.9 Å². The maximum Gasteiger partial charge on any atom is 0.126 e. The van der Waals surface area contributed by atoms with Gasteiger partial charge in [-0.25, -0.2) is 9.37 Å². The van der Waals surface area contributed by atoms with Crippen molar-refractivity contribution < 1.29 is 4.39 Å². The third-order valence-electron chi connectivity index (χ3n) is 2.11. The molecular formula is C11H9ClFNS. The Kier molecular flexibility index (Phi) is 3.03. The van der Waals surface area contributed by atoms with Crippen LogP contribution in [0.15, 0.2) is 23.6 Å². The third-order valence-corrected chi connectivity index (χ3v) is 3.32. The van der Waals surface area contributed by atoms with Crippen LogP contribution in [0.2, 0.25) is 0 Å². The van der Waals surface area contributed by atoms with Gasteiger partial charge in [0.25, 0.3) is 0 Å². The topological polar surface area (TPSA) is 12.9 Å². The van der Waals surface area contributed by atoms with Crippen LogP contribution in [-0.2, 0) is 5.88 Å². The average Bonchev–Trinajstić information content (AvgIpc) is 2.70. The van der Waals surface area contributed by atoms with Crippen molar-refractivity contribution in [2.24, 2.45) is 0 Å². The first-order valence-corrected chi connectivity index (χ1v) is 5.89. The van der Waals surface area contributed by atoms with Gasteiger partial charge in [0.2, 0.25) is 0 Å². The minimum absolute atomic E-state index is 0.199. The summed E-state index contributed by atoms with van der Waals surface area (Å²) in [5.74, 6) is 0.195. The molecule has 0 spiro atoms.